The first-order chi connectivity index (χ1) is 29.5. The third kappa shape index (κ3) is 5.48. The van der Waals surface area contributed by atoms with E-state index in [1.807, 2.05) is 0 Å². The fourth-order valence-electron chi connectivity index (χ4n) is 11.3. The summed E-state index contributed by atoms with van der Waals surface area (Å²) < 4.78 is 9.24. The van der Waals surface area contributed by atoms with Gasteiger partial charge >= 0.3 is 0 Å². The van der Waals surface area contributed by atoms with Crippen molar-refractivity contribution >= 4 is 28.4 Å². The van der Waals surface area contributed by atoms with Crippen molar-refractivity contribution in [1.29, 1.82) is 0 Å². The number of anilines is 2. The molecule has 0 saturated carbocycles. The van der Waals surface area contributed by atoms with E-state index in [0.29, 0.717) is 17.8 Å². The Labute approximate surface area is 353 Å². The molecule has 6 unspecified atom stereocenters. The minimum absolute atomic E-state index is 0.0366. The SMILES string of the molecule is CC1(C)c2cc(N(C3=CCC(c4ccccc4)C=C3)c3ccc(C4C=Cc5c(n(-c6ccccc6)c6ccc7c(c56)OC5C=CC=CC75)C4)cc3)ccc2C2C=CC=CC21. The molecular weight excluding hydrogens is 729 g/mol. The Balaban J connectivity index is 0.915. The van der Waals surface area contributed by atoms with Gasteiger partial charge in [0.2, 0.25) is 0 Å². The van der Waals surface area contributed by atoms with Crippen molar-refractivity contribution in [3.8, 4) is 11.4 Å². The Bertz CT molecular complexity index is 2900. The summed E-state index contributed by atoms with van der Waals surface area (Å²) in [6.07, 6.45) is 31.9. The number of rotatable bonds is 6. The van der Waals surface area contributed by atoms with Gasteiger partial charge in [0.1, 0.15) is 11.9 Å². The summed E-state index contributed by atoms with van der Waals surface area (Å²) in [7, 11) is 0. The van der Waals surface area contributed by atoms with Gasteiger partial charge in [0, 0.05) is 68.6 Å². The molecule has 60 heavy (non-hydrogen) atoms. The van der Waals surface area contributed by atoms with Crippen molar-refractivity contribution in [1.82, 2.24) is 4.57 Å². The van der Waals surface area contributed by atoms with Gasteiger partial charge in [-0.1, -0.05) is 153 Å². The molecule has 5 aromatic carbocycles. The smallest absolute Gasteiger partial charge is 0.134 e. The van der Waals surface area contributed by atoms with Crippen LogP contribution in [0.15, 0.2) is 194 Å². The lowest BCUT2D eigenvalue weighted by Crippen LogP contribution is -2.25. The van der Waals surface area contributed by atoms with Gasteiger partial charge in [-0.3, -0.25) is 0 Å². The number of aromatic nitrogens is 1. The Morgan fingerprint density at radius 3 is 2.13 bits per heavy atom. The molecule has 12 rings (SSSR count). The Morgan fingerprint density at radius 2 is 1.33 bits per heavy atom. The molecule has 0 saturated heterocycles. The van der Waals surface area contributed by atoms with Gasteiger partial charge in [0.25, 0.3) is 0 Å². The highest BCUT2D eigenvalue weighted by Crippen LogP contribution is 2.54. The zero-order valence-electron chi connectivity index (χ0n) is 34.2. The number of fused-ring (bicyclic) bond motifs is 10. The summed E-state index contributed by atoms with van der Waals surface area (Å²) in [4.78, 5) is 2.48. The van der Waals surface area contributed by atoms with Gasteiger partial charge in [-0.05, 0) is 101 Å². The summed E-state index contributed by atoms with van der Waals surface area (Å²) >= 11 is 0. The maximum absolute atomic E-state index is 6.76. The van der Waals surface area contributed by atoms with Crippen LogP contribution >= 0.6 is 0 Å². The largest absolute Gasteiger partial charge is 0.484 e. The third-order valence-electron chi connectivity index (χ3n) is 14.3. The van der Waals surface area contributed by atoms with Crippen LogP contribution in [0.5, 0.6) is 5.75 Å². The van der Waals surface area contributed by atoms with E-state index < -0.39 is 0 Å². The molecule has 6 aliphatic rings. The summed E-state index contributed by atoms with van der Waals surface area (Å²) in [5.41, 5.74) is 15.5. The monoisotopic (exact) mass is 776 g/mol. The molecular formula is C57H48N2O. The molecule has 0 fully saturated rings. The van der Waals surface area contributed by atoms with E-state index in [4.69, 9.17) is 4.74 Å². The second-order valence-corrected chi connectivity index (χ2v) is 17.9. The summed E-state index contributed by atoms with van der Waals surface area (Å²) in [5.74, 6) is 2.81. The van der Waals surface area contributed by atoms with Crippen molar-refractivity contribution < 1.29 is 4.74 Å². The van der Waals surface area contributed by atoms with E-state index in [0.717, 1.165) is 18.6 Å². The van der Waals surface area contributed by atoms with Gasteiger partial charge < -0.3 is 14.2 Å². The van der Waals surface area contributed by atoms with Crippen molar-refractivity contribution in [3.63, 3.8) is 0 Å². The quantitative estimate of drug-likeness (QED) is 0.168. The summed E-state index contributed by atoms with van der Waals surface area (Å²) in [5, 5.41) is 1.23. The van der Waals surface area contributed by atoms with E-state index in [1.54, 1.807) is 0 Å². The zero-order chi connectivity index (χ0) is 40.0. The Morgan fingerprint density at radius 1 is 0.633 bits per heavy atom. The van der Waals surface area contributed by atoms with Crippen LogP contribution in [0.4, 0.5) is 11.4 Å². The van der Waals surface area contributed by atoms with Crippen LogP contribution in [0.25, 0.3) is 22.7 Å². The van der Waals surface area contributed by atoms with Crippen molar-refractivity contribution in [3.05, 3.63) is 233 Å². The first kappa shape index (κ1) is 35.4. The fraction of sp³-hybridized carbons (Fsp3) is 0.193. The highest BCUT2D eigenvalue weighted by atomic mass is 16.5. The van der Waals surface area contributed by atoms with Crippen LogP contribution < -0.4 is 9.64 Å². The minimum Gasteiger partial charge on any atom is -0.484 e. The Hall–Kier alpha value is -6.58. The molecule has 3 heteroatoms. The highest BCUT2D eigenvalue weighted by molar-refractivity contribution is 5.99. The van der Waals surface area contributed by atoms with Crippen molar-refractivity contribution in [2.75, 3.05) is 4.90 Å². The van der Waals surface area contributed by atoms with Crippen LogP contribution in [0.3, 0.4) is 0 Å². The number of hydrogen-bond donors (Lipinski definition) is 0. The number of nitrogens with zero attached hydrogens (tertiary/aromatic N) is 2. The van der Waals surface area contributed by atoms with Crippen LogP contribution in [-0.2, 0) is 11.8 Å². The number of para-hydroxylation sites is 1. The molecule has 6 aromatic rings. The van der Waals surface area contributed by atoms with Gasteiger partial charge in [-0.25, -0.2) is 0 Å². The lowest BCUT2D eigenvalue weighted by atomic mass is 9.74. The van der Waals surface area contributed by atoms with E-state index in [2.05, 4.69) is 218 Å². The topological polar surface area (TPSA) is 17.4 Å². The molecule has 2 heterocycles. The molecule has 1 aromatic heterocycles. The van der Waals surface area contributed by atoms with Crippen LogP contribution in [0.2, 0.25) is 0 Å². The van der Waals surface area contributed by atoms with Crippen LogP contribution in [0, 0.1) is 5.92 Å². The van der Waals surface area contributed by atoms with Gasteiger partial charge in [0.15, 0.2) is 0 Å². The average Bonchev–Trinajstić information content (AvgIpc) is 3.92. The normalized spacial score (nSPS) is 24.7. The lowest BCUT2D eigenvalue weighted by Gasteiger charge is -2.32. The van der Waals surface area contributed by atoms with Crippen molar-refractivity contribution in [2.24, 2.45) is 5.92 Å². The summed E-state index contributed by atoms with van der Waals surface area (Å²) in [6, 6.07) is 43.0. The average molecular weight is 777 g/mol. The zero-order valence-corrected chi connectivity index (χ0v) is 34.2. The van der Waals surface area contributed by atoms with Gasteiger partial charge in [0.05, 0.1) is 5.52 Å². The lowest BCUT2D eigenvalue weighted by molar-refractivity contribution is 0.271. The predicted molar refractivity (Wildman–Crippen MR) is 248 cm³/mol. The molecule has 6 atom stereocenters. The molecule has 5 aliphatic carbocycles. The maximum Gasteiger partial charge on any atom is 0.134 e. The van der Waals surface area contributed by atoms with Crippen molar-refractivity contribution in [2.45, 2.75) is 61.9 Å². The van der Waals surface area contributed by atoms with Crippen LogP contribution in [-0.4, -0.2) is 10.7 Å². The standard InChI is InChI=1S/C57H48N2O/c1-57(2)50-19-11-9-17-45(50)46-32-30-44(36-51(46)57)58(42-26-21-38(22-27-42)37-13-5-3-6-14-37)43-28-23-39(24-29-43)40-25-31-49-53(35-40)59(41-15-7-4-8-16-41)52-34-33-48-47-18-10-12-20-54(47)60-56(48)55(49)52/h3-21,23-34,36,38,40,45,47,50,54H,22,35H2,1-2H3. The summed E-state index contributed by atoms with van der Waals surface area (Å²) in [6.45, 7) is 4.85. The van der Waals surface area contributed by atoms with E-state index >= 15 is 0 Å². The second-order valence-electron chi connectivity index (χ2n) is 17.9. The minimum atomic E-state index is 0.0366. The molecule has 0 radical (unpaired) electrons. The Kier molecular flexibility index (Phi) is 8.10. The van der Waals surface area contributed by atoms with E-state index in [-0.39, 0.29) is 23.4 Å². The van der Waals surface area contributed by atoms with Gasteiger partial charge in [-0.2, -0.15) is 0 Å². The molecule has 0 amide bonds. The number of hydrogen-bond acceptors (Lipinski definition) is 2. The maximum atomic E-state index is 6.76. The molecule has 0 bridgehead atoms. The number of allylic oxidation sites excluding steroid dienone is 10. The molecule has 292 valence electrons. The van der Waals surface area contributed by atoms with E-state index in [9.17, 15) is 0 Å². The van der Waals surface area contributed by atoms with E-state index in [1.165, 1.54) is 72.7 Å². The molecule has 1 aliphatic heterocycles. The third-order valence-corrected chi connectivity index (χ3v) is 14.3. The van der Waals surface area contributed by atoms with Crippen LogP contribution in [0.1, 0.15) is 83.0 Å². The first-order valence-corrected chi connectivity index (χ1v) is 21.8. The fourth-order valence-corrected chi connectivity index (χ4v) is 11.3. The predicted octanol–water partition coefficient (Wildman–Crippen LogP) is 13.8. The highest BCUT2D eigenvalue weighted by Gasteiger charge is 2.45. The first-order valence-electron chi connectivity index (χ1n) is 21.8. The molecule has 0 N–H and O–H groups in total. The molecule has 3 nitrogen and oxygen atoms in total. The molecule has 0 spiro atoms. The van der Waals surface area contributed by atoms with Gasteiger partial charge in [-0.15, -0.1) is 0 Å². The number of benzene rings is 5. The number of ether oxygens (including phenoxy) is 1. The second kappa shape index (κ2) is 13.7.